The van der Waals surface area contributed by atoms with Crippen LogP contribution in [0.25, 0.3) is 0 Å². The van der Waals surface area contributed by atoms with Crippen molar-refractivity contribution in [1.29, 1.82) is 0 Å². The predicted octanol–water partition coefficient (Wildman–Crippen LogP) is 4.55. The van der Waals surface area contributed by atoms with E-state index in [0.717, 1.165) is 13.8 Å². The molecule has 1 heterocycles. The largest absolute Gasteiger partial charge is 0.337 e. The molecule has 2 rings (SSSR count). The number of hydrogen-bond donors (Lipinski definition) is 0. The van der Waals surface area contributed by atoms with Gasteiger partial charge >= 0.3 is 0 Å². The number of benzene rings is 1. The Labute approximate surface area is 127 Å². The zero-order chi connectivity index (χ0) is 13.1. The van der Waals surface area contributed by atoms with Crippen molar-refractivity contribution >= 4 is 49.1 Å². The molecule has 0 aliphatic rings. The summed E-state index contributed by atoms with van der Waals surface area (Å²) in [5.41, 5.74) is 0.705. The molecule has 0 aliphatic heterocycles. The molecule has 0 fully saturated rings. The summed E-state index contributed by atoms with van der Waals surface area (Å²) in [6, 6.07) is 9.45. The van der Waals surface area contributed by atoms with E-state index in [1.165, 1.54) is 0 Å². The standard InChI is InChI=1S/C13H11Br2NOS/c1-16(7-12-6-11(15)8-18-12)13(17)9-2-4-10(14)5-3-9/h2-6,8H,7H2,1H3. The highest BCUT2D eigenvalue weighted by Gasteiger charge is 2.12. The lowest BCUT2D eigenvalue weighted by Gasteiger charge is -2.16. The van der Waals surface area contributed by atoms with Gasteiger partial charge in [-0.05, 0) is 46.3 Å². The summed E-state index contributed by atoms with van der Waals surface area (Å²) >= 11 is 8.42. The third kappa shape index (κ3) is 3.43. The molecule has 0 bridgehead atoms. The number of carbonyl (C=O) groups excluding carboxylic acids is 1. The minimum Gasteiger partial charge on any atom is -0.337 e. The number of carbonyl (C=O) groups is 1. The van der Waals surface area contributed by atoms with Gasteiger partial charge in [0.15, 0.2) is 0 Å². The minimum absolute atomic E-state index is 0.0343. The Morgan fingerprint density at radius 2 is 1.89 bits per heavy atom. The highest BCUT2D eigenvalue weighted by molar-refractivity contribution is 9.10. The van der Waals surface area contributed by atoms with Crippen LogP contribution in [0, 0.1) is 0 Å². The van der Waals surface area contributed by atoms with Crippen molar-refractivity contribution in [2.45, 2.75) is 6.54 Å². The van der Waals surface area contributed by atoms with E-state index >= 15 is 0 Å². The van der Waals surface area contributed by atoms with Gasteiger partial charge in [-0.2, -0.15) is 0 Å². The third-order valence-corrected chi connectivity index (χ3v) is 4.66. The van der Waals surface area contributed by atoms with Crippen molar-refractivity contribution < 1.29 is 4.79 Å². The van der Waals surface area contributed by atoms with Crippen LogP contribution in [0.4, 0.5) is 0 Å². The minimum atomic E-state index is 0.0343. The van der Waals surface area contributed by atoms with Gasteiger partial charge in [-0.15, -0.1) is 11.3 Å². The maximum Gasteiger partial charge on any atom is 0.253 e. The van der Waals surface area contributed by atoms with Crippen LogP contribution in [-0.4, -0.2) is 17.9 Å². The molecule has 0 atom stereocenters. The van der Waals surface area contributed by atoms with Gasteiger partial charge in [0.05, 0.1) is 6.54 Å². The first kappa shape index (κ1) is 13.8. The molecule has 0 spiro atoms. The highest BCUT2D eigenvalue weighted by atomic mass is 79.9. The Morgan fingerprint density at radius 3 is 2.44 bits per heavy atom. The molecule has 18 heavy (non-hydrogen) atoms. The van der Waals surface area contributed by atoms with E-state index < -0.39 is 0 Å². The van der Waals surface area contributed by atoms with Crippen LogP contribution in [0.2, 0.25) is 0 Å². The second-order valence-corrected chi connectivity index (χ2v) is 6.73. The fraction of sp³-hybridized carbons (Fsp3) is 0.154. The molecule has 1 aromatic carbocycles. The molecule has 1 amide bonds. The van der Waals surface area contributed by atoms with Crippen molar-refractivity contribution in [2.24, 2.45) is 0 Å². The average molecular weight is 389 g/mol. The summed E-state index contributed by atoms with van der Waals surface area (Å²) in [4.78, 5) is 15.1. The topological polar surface area (TPSA) is 20.3 Å². The maximum absolute atomic E-state index is 12.2. The van der Waals surface area contributed by atoms with Gasteiger partial charge in [0.25, 0.3) is 5.91 Å². The molecular formula is C13H11Br2NOS. The van der Waals surface area contributed by atoms with Crippen molar-refractivity contribution in [3.05, 3.63) is 55.1 Å². The quantitative estimate of drug-likeness (QED) is 0.755. The number of halogens is 2. The SMILES string of the molecule is CN(Cc1cc(Br)cs1)C(=O)c1ccc(Br)cc1. The number of nitrogens with zero attached hydrogens (tertiary/aromatic N) is 1. The summed E-state index contributed by atoms with van der Waals surface area (Å²) in [7, 11) is 1.82. The Morgan fingerprint density at radius 1 is 1.22 bits per heavy atom. The molecule has 1 aromatic heterocycles. The number of hydrogen-bond acceptors (Lipinski definition) is 2. The summed E-state index contributed by atoms with van der Waals surface area (Å²) in [6.45, 7) is 0.630. The smallest absolute Gasteiger partial charge is 0.253 e. The van der Waals surface area contributed by atoms with E-state index in [0.29, 0.717) is 12.1 Å². The third-order valence-electron chi connectivity index (χ3n) is 2.45. The zero-order valence-corrected chi connectivity index (χ0v) is 13.7. The summed E-state index contributed by atoms with van der Waals surface area (Å²) in [5.74, 6) is 0.0343. The Hall–Kier alpha value is -0.650. The normalized spacial score (nSPS) is 10.4. The van der Waals surface area contributed by atoms with Gasteiger partial charge in [0.2, 0.25) is 0 Å². The van der Waals surface area contributed by atoms with Crippen LogP contribution in [0.3, 0.4) is 0 Å². The maximum atomic E-state index is 12.2. The van der Waals surface area contributed by atoms with E-state index in [4.69, 9.17) is 0 Å². The van der Waals surface area contributed by atoms with Gasteiger partial charge in [-0.1, -0.05) is 15.9 Å². The number of amides is 1. The van der Waals surface area contributed by atoms with Crippen LogP contribution in [0.15, 0.2) is 44.7 Å². The van der Waals surface area contributed by atoms with Crippen molar-refractivity contribution in [1.82, 2.24) is 4.90 Å². The molecule has 0 aliphatic carbocycles. The predicted molar refractivity (Wildman–Crippen MR) is 82.0 cm³/mol. The lowest BCUT2D eigenvalue weighted by Crippen LogP contribution is -2.25. The van der Waals surface area contributed by atoms with E-state index in [-0.39, 0.29) is 5.91 Å². The van der Waals surface area contributed by atoms with Crippen molar-refractivity contribution in [3.8, 4) is 0 Å². The van der Waals surface area contributed by atoms with E-state index in [9.17, 15) is 4.79 Å². The van der Waals surface area contributed by atoms with E-state index in [1.54, 1.807) is 16.2 Å². The highest BCUT2D eigenvalue weighted by Crippen LogP contribution is 2.21. The lowest BCUT2D eigenvalue weighted by molar-refractivity contribution is 0.0786. The van der Waals surface area contributed by atoms with Crippen LogP contribution in [-0.2, 0) is 6.54 Å². The van der Waals surface area contributed by atoms with Crippen molar-refractivity contribution in [3.63, 3.8) is 0 Å². The average Bonchev–Trinajstić information content (AvgIpc) is 2.75. The molecule has 0 N–H and O–H groups in total. The Bertz CT molecular complexity index is 550. The second-order valence-electron chi connectivity index (χ2n) is 3.90. The molecule has 2 nitrogen and oxygen atoms in total. The first-order chi connectivity index (χ1) is 8.56. The monoisotopic (exact) mass is 387 g/mol. The van der Waals surface area contributed by atoms with Gasteiger partial charge in [-0.3, -0.25) is 4.79 Å². The molecule has 5 heteroatoms. The molecule has 94 valence electrons. The first-order valence-electron chi connectivity index (χ1n) is 5.30. The summed E-state index contributed by atoms with van der Waals surface area (Å²) in [6.07, 6.45) is 0. The lowest BCUT2D eigenvalue weighted by atomic mass is 10.2. The molecule has 0 unspecified atom stereocenters. The molecule has 2 aromatic rings. The molecule has 0 saturated carbocycles. The first-order valence-corrected chi connectivity index (χ1v) is 7.77. The Kier molecular flexibility index (Phi) is 4.59. The number of thiophene rings is 1. The molecule has 0 radical (unpaired) electrons. The van der Waals surface area contributed by atoms with E-state index in [1.807, 2.05) is 42.8 Å². The molecule has 0 saturated heterocycles. The van der Waals surface area contributed by atoms with Gasteiger partial charge < -0.3 is 4.90 Å². The molecular weight excluding hydrogens is 378 g/mol. The van der Waals surface area contributed by atoms with Crippen LogP contribution >= 0.6 is 43.2 Å². The van der Waals surface area contributed by atoms with Crippen LogP contribution in [0.5, 0.6) is 0 Å². The fourth-order valence-corrected chi connectivity index (χ4v) is 3.32. The second kappa shape index (κ2) is 5.99. The summed E-state index contributed by atoms with van der Waals surface area (Å²) < 4.78 is 2.04. The van der Waals surface area contributed by atoms with Crippen LogP contribution < -0.4 is 0 Å². The summed E-state index contributed by atoms with van der Waals surface area (Å²) in [5, 5.41) is 2.02. The van der Waals surface area contributed by atoms with Gasteiger partial charge in [0, 0.05) is 31.8 Å². The van der Waals surface area contributed by atoms with E-state index in [2.05, 4.69) is 31.9 Å². The van der Waals surface area contributed by atoms with Gasteiger partial charge in [-0.25, -0.2) is 0 Å². The van der Waals surface area contributed by atoms with Crippen molar-refractivity contribution in [2.75, 3.05) is 7.05 Å². The number of rotatable bonds is 3. The Balaban J connectivity index is 2.07. The van der Waals surface area contributed by atoms with Crippen LogP contribution in [0.1, 0.15) is 15.2 Å². The zero-order valence-electron chi connectivity index (χ0n) is 9.69. The van der Waals surface area contributed by atoms with Gasteiger partial charge in [0.1, 0.15) is 0 Å². The fourth-order valence-electron chi connectivity index (χ4n) is 1.56.